The summed E-state index contributed by atoms with van der Waals surface area (Å²) in [6, 6.07) is 13.6. The molecule has 1 aromatic carbocycles. The van der Waals surface area contributed by atoms with Crippen molar-refractivity contribution < 1.29 is 9.90 Å². The molecule has 3 rings (SSSR count). The number of nitrogens with zero attached hydrogens (tertiary/aromatic N) is 6. The summed E-state index contributed by atoms with van der Waals surface area (Å²) in [4.78, 5) is 15.7. The monoisotopic (exact) mass is 369 g/mol. The molecule has 0 aliphatic heterocycles. The summed E-state index contributed by atoms with van der Waals surface area (Å²) in [6.07, 6.45) is 1.57. The fourth-order valence-electron chi connectivity index (χ4n) is 2.73. The molecule has 28 heavy (non-hydrogen) atoms. The summed E-state index contributed by atoms with van der Waals surface area (Å²) in [5, 5.41) is 43.5. The second-order valence-corrected chi connectivity index (χ2v) is 5.62. The molecule has 2 N–H and O–H groups in total. The van der Waals surface area contributed by atoms with Crippen LogP contribution in [0.4, 0.5) is 5.69 Å². The number of carbonyl (C=O) groups is 1. The van der Waals surface area contributed by atoms with E-state index >= 15 is 0 Å². The van der Waals surface area contributed by atoms with Gasteiger partial charge in [0.25, 0.3) is 0 Å². The lowest BCUT2D eigenvalue weighted by atomic mass is 10.0. The number of nitrogens with one attached hydrogen (secondary N) is 1. The Hall–Kier alpha value is -4.68. The molecule has 0 saturated carbocycles. The Kier molecular flexibility index (Phi) is 4.71. The molecule has 0 unspecified atom stereocenters. The highest BCUT2D eigenvalue weighted by atomic mass is 16.4. The molecule has 3 aromatic rings. The molecule has 0 aliphatic carbocycles. The van der Waals surface area contributed by atoms with Gasteiger partial charge in [-0.25, -0.2) is 14.5 Å². The first-order valence-electron chi connectivity index (χ1n) is 7.87. The van der Waals surface area contributed by atoms with Crippen molar-refractivity contribution in [2.75, 3.05) is 5.32 Å². The third kappa shape index (κ3) is 3.10. The van der Waals surface area contributed by atoms with E-state index in [0.717, 1.165) is 5.56 Å². The smallest absolute Gasteiger partial charge is 0.357 e. The first-order valence-corrected chi connectivity index (χ1v) is 7.87. The zero-order chi connectivity index (χ0) is 20.3. The Morgan fingerprint density at radius 2 is 1.79 bits per heavy atom. The predicted octanol–water partition coefficient (Wildman–Crippen LogP) is 2.57. The van der Waals surface area contributed by atoms with Crippen molar-refractivity contribution in [1.29, 1.82) is 15.8 Å². The Morgan fingerprint density at radius 1 is 1.11 bits per heavy atom. The highest BCUT2D eigenvalue weighted by Crippen LogP contribution is 2.30. The number of anilines is 1. The quantitative estimate of drug-likeness (QED) is 0.666. The average molecular weight is 369 g/mol. The summed E-state index contributed by atoms with van der Waals surface area (Å²) in [5.41, 5.74) is 1.75. The Morgan fingerprint density at radius 3 is 2.36 bits per heavy atom. The zero-order valence-corrected chi connectivity index (χ0v) is 14.5. The summed E-state index contributed by atoms with van der Waals surface area (Å²) >= 11 is 0. The number of allylic oxidation sites excluding steroid dienone is 2. The number of aromatic carboxylic acids is 1. The molecule has 0 amide bonds. The third-order valence-corrected chi connectivity index (χ3v) is 3.98. The number of carboxylic acids is 1. The zero-order valence-electron chi connectivity index (χ0n) is 14.5. The number of pyridine rings is 1. The minimum absolute atomic E-state index is 0.0924. The van der Waals surface area contributed by atoms with Crippen molar-refractivity contribution in [3.8, 4) is 29.3 Å². The van der Waals surface area contributed by atoms with Gasteiger partial charge >= 0.3 is 5.97 Å². The highest BCUT2D eigenvalue weighted by molar-refractivity contribution is 6.06. The van der Waals surface area contributed by atoms with Crippen molar-refractivity contribution in [3.05, 3.63) is 53.5 Å². The van der Waals surface area contributed by atoms with E-state index in [1.165, 1.54) is 4.68 Å². The maximum Gasteiger partial charge on any atom is 0.357 e. The normalized spacial score (nSPS) is 9.79. The van der Waals surface area contributed by atoms with Crippen molar-refractivity contribution in [2.24, 2.45) is 7.05 Å². The molecule has 134 valence electrons. The lowest BCUT2D eigenvalue weighted by Gasteiger charge is -2.08. The minimum atomic E-state index is -1.15. The van der Waals surface area contributed by atoms with E-state index in [-0.39, 0.29) is 17.0 Å². The van der Waals surface area contributed by atoms with Gasteiger partial charge in [0, 0.05) is 18.9 Å². The summed E-state index contributed by atoms with van der Waals surface area (Å²) in [7, 11) is 1.62. The van der Waals surface area contributed by atoms with Crippen molar-refractivity contribution in [2.45, 2.75) is 0 Å². The van der Waals surface area contributed by atoms with Gasteiger partial charge in [0.1, 0.15) is 23.9 Å². The number of hydrogen-bond acceptors (Lipinski definition) is 7. The number of hydrogen-bond donors (Lipinski definition) is 2. The van der Waals surface area contributed by atoms with Crippen LogP contribution < -0.4 is 5.32 Å². The van der Waals surface area contributed by atoms with E-state index in [9.17, 15) is 9.90 Å². The summed E-state index contributed by atoms with van der Waals surface area (Å²) in [6.45, 7) is 0. The number of carboxylic acid groups (broad SMARTS) is 1. The molecule has 9 nitrogen and oxygen atoms in total. The van der Waals surface area contributed by atoms with Gasteiger partial charge in [0.15, 0.2) is 16.9 Å². The lowest BCUT2D eigenvalue weighted by molar-refractivity contribution is 0.0691. The van der Waals surface area contributed by atoms with Crippen LogP contribution in [0.25, 0.3) is 22.2 Å². The first-order chi connectivity index (χ1) is 13.5. The SMILES string of the molecule is Cn1nc(C(=O)O)c2c(-c3ccc(NC(C#N)=C(C#N)C#N)cc3)ccnc21. The van der Waals surface area contributed by atoms with E-state index in [4.69, 9.17) is 15.8 Å². The number of aromatic nitrogens is 3. The average Bonchev–Trinajstić information content (AvgIpc) is 3.06. The molecular weight excluding hydrogens is 358 g/mol. The maximum absolute atomic E-state index is 11.5. The molecule has 0 spiro atoms. The topological polar surface area (TPSA) is 151 Å². The molecule has 0 aliphatic rings. The van der Waals surface area contributed by atoms with Crippen LogP contribution >= 0.6 is 0 Å². The van der Waals surface area contributed by atoms with Crippen LogP contribution in [0.1, 0.15) is 10.5 Å². The molecule has 0 radical (unpaired) electrons. The number of aryl methyl sites for hydroxylation is 1. The molecule has 0 fully saturated rings. The largest absolute Gasteiger partial charge is 0.476 e. The van der Waals surface area contributed by atoms with Crippen molar-refractivity contribution in [3.63, 3.8) is 0 Å². The Bertz CT molecular complexity index is 1230. The van der Waals surface area contributed by atoms with E-state index in [1.54, 1.807) is 61.8 Å². The van der Waals surface area contributed by atoms with Gasteiger partial charge in [-0.3, -0.25) is 0 Å². The van der Waals surface area contributed by atoms with Gasteiger partial charge < -0.3 is 10.4 Å². The number of fused-ring (bicyclic) bond motifs is 1. The van der Waals surface area contributed by atoms with E-state index in [1.807, 2.05) is 0 Å². The highest BCUT2D eigenvalue weighted by Gasteiger charge is 2.19. The van der Waals surface area contributed by atoms with Crippen LogP contribution in [0.3, 0.4) is 0 Å². The second kappa shape index (κ2) is 7.28. The van der Waals surface area contributed by atoms with E-state index < -0.39 is 5.97 Å². The Balaban J connectivity index is 2.05. The predicted molar refractivity (Wildman–Crippen MR) is 98.4 cm³/mol. The van der Waals surface area contributed by atoms with Crippen LogP contribution in [0.15, 0.2) is 47.8 Å². The molecule has 9 heteroatoms. The number of benzene rings is 1. The summed E-state index contributed by atoms with van der Waals surface area (Å²) in [5.74, 6) is -1.15. The number of rotatable bonds is 4. The van der Waals surface area contributed by atoms with Gasteiger partial charge in [0.05, 0.1) is 5.39 Å². The van der Waals surface area contributed by atoms with E-state index in [2.05, 4.69) is 15.4 Å². The fraction of sp³-hybridized carbons (Fsp3) is 0.0526. The molecule has 0 atom stereocenters. The van der Waals surface area contributed by atoms with E-state index in [0.29, 0.717) is 22.3 Å². The number of nitriles is 3. The fourth-order valence-corrected chi connectivity index (χ4v) is 2.73. The van der Waals surface area contributed by atoms with Crippen LogP contribution in [-0.2, 0) is 7.05 Å². The first kappa shape index (κ1) is 18.1. The van der Waals surface area contributed by atoms with Gasteiger partial charge in [-0.15, -0.1) is 0 Å². The molecule has 2 heterocycles. The van der Waals surface area contributed by atoms with Crippen molar-refractivity contribution in [1.82, 2.24) is 14.8 Å². The lowest BCUT2D eigenvalue weighted by Crippen LogP contribution is -2.00. The molecular formula is C19H11N7O2. The molecule has 0 saturated heterocycles. The van der Waals surface area contributed by atoms with Crippen LogP contribution in [0, 0.1) is 34.0 Å². The van der Waals surface area contributed by atoms with Gasteiger partial charge in [-0.2, -0.15) is 20.9 Å². The minimum Gasteiger partial charge on any atom is -0.476 e. The maximum atomic E-state index is 11.5. The van der Waals surface area contributed by atoms with Crippen molar-refractivity contribution >= 4 is 22.7 Å². The van der Waals surface area contributed by atoms with Gasteiger partial charge in [-0.1, -0.05) is 12.1 Å². The Labute approximate surface area is 159 Å². The van der Waals surface area contributed by atoms with Gasteiger partial charge in [-0.05, 0) is 29.3 Å². The van der Waals surface area contributed by atoms with Crippen LogP contribution in [0.2, 0.25) is 0 Å². The standard InChI is InChI=1S/C19H11N7O2/c1-26-18-16(17(25-26)19(27)28)14(6-7-23-18)11-2-4-13(5-3-11)24-15(10-22)12(8-20)9-21/h2-7,24H,1H3,(H,27,28). The van der Waals surface area contributed by atoms with Gasteiger partial charge in [0.2, 0.25) is 0 Å². The molecule has 0 bridgehead atoms. The second-order valence-electron chi connectivity index (χ2n) is 5.62. The third-order valence-electron chi connectivity index (χ3n) is 3.98. The van der Waals surface area contributed by atoms with Crippen LogP contribution in [0.5, 0.6) is 0 Å². The summed E-state index contributed by atoms with van der Waals surface area (Å²) < 4.78 is 1.41. The van der Waals surface area contributed by atoms with Crippen LogP contribution in [-0.4, -0.2) is 25.8 Å². The molecule has 2 aromatic heterocycles.